The van der Waals surface area contributed by atoms with Crippen molar-refractivity contribution in [2.75, 3.05) is 13.2 Å². The number of amides is 1. The minimum absolute atomic E-state index is 0.123. The number of carboxylic acid groups (broad SMARTS) is 1. The molecule has 0 spiro atoms. The molecule has 1 aromatic rings. The number of ether oxygens (including phenoxy) is 1. The fourth-order valence-corrected chi connectivity index (χ4v) is 2.31. The Balaban J connectivity index is 1.85. The molecule has 8 nitrogen and oxygen atoms in total. The van der Waals surface area contributed by atoms with Crippen LogP contribution in [0.25, 0.3) is 0 Å². The van der Waals surface area contributed by atoms with Crippen LogP contribution in [0.2, 0.25) is 0 Å². The zero-order valence-corrected chi connectivity index (χ0v) is 11.3. The fourth-order valence-electron chi connectivity index (χ4n) is 2.31. The van der Waals surface area contributed by atoms with Gasteiger partial charge in [0, 0.05) is 19.1 Å². The third-order valence-electron chi connectivity index (χ3n) is 3.34. The van der Waals surface area contributed by atoms with Crippen molar-refractivity contribution < 1.29 is 19.4 Å². The second kappa shape index (κ2) is 6.47. The van der Waals surface area contributed by atoms with E-state index < -0.39 is 5.97 Å². The van der Waals surface area contributed by atoms with Crippen molar-refractivity contribution >= 4 is 11.9 Å². The van der Waals surface area contributed by atoms with Crippen LogP contribution in [0.15, 0.2) is 6.20 Å². The predicted octanol–water partition coefficient (Wildman–Crippen LogP) is -0.0924. The average molecular weight is 282 g/mol. The van der Waals surface area contributed by atoms with Crippen LogP contribution in [-0.4, -0.2) is 51.2 Å². The third kappa shape index (κ3) is 3.53. The molecule has 1 saturated heterocycles. The first-order valence-corrected chi connectivity index (χ1v) is 6.62. The van der Waals surface area contributed by atoms with E-state index in [0.29, 0.717) is 12.5 Å². The van der Waals surface area contributed by atoms with Gasteiger partial charge < -0.3 is 15.2 Å². The van der Waals surface area contributed by atoms with Gasteiger partial charge in [-0.25, -0.2) is 4.68 Å². The van der Waals surface area contributed by atoms with Gasteiger partial charge in [0.1, 0.15) is 6.54 Å². The topological polar surface area (TPSA) is 106 Å². The number of aromatic nitrogens is 3. The van der Waals surface area contributed by atoms with E-state index >= 15 is 0 Å². The Bertz CT molecular complexity index is 488. The lowest BCUT2D eigenvalue weighted by atomic mass is 10.00. The van der Waals surface area contributed by atoms with Crippen molar-refractivity contribution in [1.82, 2.24) is 20.3 Å². The van der Waals surface area contributed by atoms with E-state index in [1.165, 1.54) is 6.20 Å². The molecule has 110 valence electrons. The Hall–Kier alpha value is -1.96. The van der Waals surface area contributed by atoms with Crippen molar-refractivity contribution in [3.05, 3.63) is 11.9 Å². The second-order valence-electron chi connectivity index (χ2n) is 4.77. The molecule has 1 aliphatic rings. The third-order valence-corrected chi connectivity index (χ3v) is 3.34. The van der Waals surface area contributed by atoms with Crippen LogP contribution in [0.3, 0.4) is 0 Å². The van der Waals surface area contributed by atoms with Crippen molar-refractivity contribution in [1.29, 1.82) is 0 Å². The number of nitrogens with one attached hydrogen (secondary N) is 1. The lowest BCUT2D eigenvalue weighted by molar-refractivity contribution is -0.137. The van der Waals surface area contributed by atoms with Gasteiger partial charge in [-0.05, 0) is 12.8 Å². The highest BCUT2D eigenvalue weighted by Crippen LogP contribution is 2.22. The highest BCUT2D eigenvalue weighted by Gasteiger charge is 2.27. The first kappa shape index (κ1) is 14.4. The molecule has 1 amide bonds. The summed E-state index contributed by atoms with van der Waals surface area (Å²) in [6.45, 7) is 3.01. The monoisotopic (exact) mass is 282 g/mol. The molecule has 0 bridgehead atoms. The second-order valence-corrected chi connectivity index (χ2v) is 4.77. The minimum Gasteiger partial charge on any atom is -0.480 e. The van der Waals surface area contributed by atoms with Gasteiger partial charge in [-0.2, -0.15) is 0 Å². The quantitative estimate of drug-likeness (QED) is 0.755. The maximum Gasteiger partial charge on any atom is 0.325 e. The summed E-state index contributed by atoms with van der Waals surface area (Å²) in [6, 6.07) is 0. The summed E-state index contributed by atoms with van der Waals surface area (Å²) in [5, 5.41) is 18.7. The Morgan fingerprint density at radius 1 is 1.60 bits per heavy atom. The van der Waals surface area contributed by atoms with E-state index in [0.717, 1.165) is 24.1 Å². The molecule has 2 heterocycles. The van der Waals surface area contributed by atoms with Crippen molar-refractivity contribution in [3.63, 3.8) is 0 Å². The largest absolute Gasteiger partial charge is 0.480 e. The molecule has 2 N–H and O–H groups in total. The molecule has 0 radical (unpaired) electrons. The number of hydrogen-bond donors (Lipinski definition) is 2. The van der Waals surface area contributed by atoms with Crippen LogP contribution in [-0.2, 0) is 16.1 Å². The number of carbonyl (C=O) groups excluding carboxylic acids is 1. The van der Waals surface area contributed by atoms with Crippen molar-refractivity contribution in [2.24, 2.45) is 5.92 Å². The van der Waals surface area contributed by atoms with Gasteiger partial charge in [-0.15, -0.1) is 5.10 Å². The molecule has 8 heteroatoms. The SMILES string of the molecule is CCC1OCCC1CNC(=O)c1cn(CC(=O)O)nn1. The van der Waals surface area contributed by atoms with Crippen LogP contribution in [0.1, 0.15) is 30.3 Å². The van der Waals surface area contributed by atoms with Gasteiger partial charge in [0.05, 0.1) is 12.3 Å². The smallest absolute Gasteiger partial charge is 0.325 e. The van der Waals surface area contributed by atoms with Crippen molar-refractivity contribution in [2.45, 2.75) is 32.4 Å². The lowest BCUT2D eigenvalue weighted by Gasteiger charge is -2.16. The molecular weight excluding hydrogens is 264 g/mol. The zero-order chi connectivity index (χ0) is 14.5. The highest BCUT2D eigenvalue weighted by atomic mass is 16.5. The van der Waals surface area contributed by atoms with Gasteiger partial charge >= 0.3 is 5.97 Å². The maximum absolute atomic E-state index is 11.9. The number of nitrogens with zero attached hydrogens (tertiary/aromatic N) is 3. The Morgan fingerprint density at radius 3 is 3.10 bits per heavy atom. The van der Waals surface area contributed by atoms with Gasteiger partial charge in [0.25, 0.3) is 5.91 Å². The van der Waals surface area contributed by atoms with Gasteiger partial charge in [-0.3, -0.25) is 9.59 Å². The van der Waals surface area contributed by atoms with Gasteiger partial charge in [-0.1, -0.05) is 12.1 Å². The molecule has 2 atom stereocenters. The number of carbonyl (C=O) groups is 2. The summed E-state index contributed by atoms with van der Waals surface area (Å²) >= 11 is 0. The predicted molar refractivity (Wildman–Crippen MR) is 68.1 cm³/mol. The molecule has 1 aromatic heterocycles. The highest BCUT2D eigenvalue weighted by molar-refractivity contribution is 5.91. The van der Waals surface area contributed by atoms with E-state index in [1.807, 2.05) is 0 Å². The average Bonchev–Trinajstić information content (AvgIpc) is 3.03. The van der Waals surface area contributed by atoms with Gasteiger partial charge in [0.15, 0.2) is 5.69 Å². The summed E-state index contributed by atoms with van der Waals surface area (Å²) in [5.74, 6) is -1.06. The fraction of sp³-hybridized carbons (Fsp3) is 0.667. The number of hydrogen-bond acceptors (Lipinski definition) is 5. The first-order chi connectivity index (χ1) is 9.60. The molecule has 1 fully saturated rings. The minimum atomic E-state index is -1.03. The standard InChI is InChI=1S/C12H18N4O4/c1-2-10-8(3-4-20-10)5-13-12(19)9-6-16(15-14-9)7-11(17)18/h6,8,10H,2-5,7H2,1H3,(H,13,19)(H,17,18). The lowest BCUT2D eigenvalue weighted by Crippen LogP contribution is -2.32. The first-order valence-electron chi connectivity index (χ1n) is 6.62. The molecule has 2 rings (SSSR count). The summed E-state index contributed by atoms with van der Waals surface area (Å²) < 4.78 is 6.67. The molecule has 2 unspecified atom stereocenters. The Kier molecular flexibility index (Phi) is 4.67. The van der Waals surface area contributed by atoms with E-state index in [-0.39, 0.29) is 24.2 Å². The molecule has 1 aliphatic heterocycles. The summed E-state index contributed by atoms with van der Waals surface area (Å²) in [7, 11) is 0. The van der Waals surface area contributed by atoms with Crippen LogP contribution in [0, 0.1) is 5.92 Å². The Labute approximate surface area is 116 Å². The summed E-state index contributed by atoms with van der Waals surface area (Å²) in [5.41, 5.74) is 0.123. The summed E-state index contributed by atoms with van der Waals surface area (Å²) in [6.07, 6.45) is 3.38. The van der Waals surface area contributed by atoms with Crippen LogP contribution in [0.5, 0.6) is 0 Å². The van der Waals surface area contributed by atoms with E-state index in [2.05, 4.69) is 22.6 Å². The Morgan fingerprint density at radius 2 is 2.40 bits per heavy atom. The zero-order valence-electron chi connectivity index (χ0n) is 11.3. The van der Waals surface area contributed by atoms with Gasteiger partial charge in [0.2, 0.25) is 0 Å². The normalized spacial score (nSPS) is 21.9. The number of carboxylic acids is 1. The van der Waals surface area contributed by atoms with Crippen LogP contribution < -0.4 is 5.32 Å². The van der Waals surface area contributed by atoms with Crippen LogP contribution in [0.4, 0.5) is 0 Å². The van der Waals surface area contributed by atoms with E-state index in [4.69, 9.17) is 9.84 Å². The molecule has 20 heavy (non-hydrogen) atoms. The maximum atomic E-state index is 11.9. The van der Waals surface area contributed by atoms with Crippen molar-refractivity contribution in [3.8, 4) is 0 Å². The number of rotatable bonds is 6. The van der Waals surface area contributed by atoms with E-state index in [1.54, 1.807) is 0 Å². The molecule has 0 saturated carbocycles. The molecule has 0 aliphatic carbocycles. The number of aliphatic carboxylic acids is 1. The molecular formula is C12H18N4O4. The van der Waals surface area contributed by atoms with Crippen LogP contribution >= 0.6 is 0 Å². The van der Waals surface area contributed by atoms with E-state index in [9.17, 15) is 9.59 Å². The molecule has 0 aromatic carbocycles. The summed E-state index contributed by atoms with van der Waals surface area (Å²) in [4.78, 5) is 22.4.